The van der Waals surface area contributed by atoms with Gasteiger partial charge in [-0.2, -0.15) is 0 Å². The van der Waals surface area contributed by atoms with Gasteiger partial charge in [-0.1, -0.05) is 48.5 Å². The second-order valence-electron chi connectivity index (χ2n) is 11.0. The Labute approximate surface area is 281 Å². The molecule has 3 heterocycles. The maximum atomic E-state index is 15.0. The molecule has 3 N–H and O–H groups in total. The number of hydrogen-bond donors (Lipinski definition) is 3. The number of hydrogen-bond acceptors (Lipinski definition) is 7. The van der Waals surface area contributed by atoms with Crippen molar-refractivity contribution in [3.8, 4) is 16.3 Å². The van der Waals surface area contributed by atoms with Crippen LogP contribution in [0.5, 0.6) is 0 Å². The summed E-state index contributed by atoms with van der Waals surface area (Å²) in [4.78, 5) is 49.8. The van der Waals surface area contributed by atoms with Crippen LogP contribution in [0.15, 0.2) is 101 Å². The Morgan fingerprint density at radius 2 is 1.63 bits per heavy atom. The van der Waals surface area contributed by atoms with E-state index in [0.29, 0.717) is 21.7 Å². The fourth-order valence-electron chi connectivity index (χ4n) is 5.42. The van der Waals surface area contributed by atoms with Crippen molar-refractivity contribution in [3.05, 3.63) is 146 Å². The largest absolute Gasteiger partial charge is 0.343 e. The fourth-order valence-corrected chi connectivity index (χ4v) is 6.73. The molecule has 1 unspecified atom stereocenters. The predicted octanol–water partition coefficient (Wildman–Crippen LogP) is 6.28. The highest BCUT2D eigenvalue weighted by atomic mass is 32.1. The number of nitrogens with one attached hydrogen (secondary N) is 3. The van der Waals surface area contributed by atoms with E-state index < -0.39 is 41.3 Å². The molecule has 0 spiro atoms. The minimum Gasteiger partial charge on any atom is -0.306 e. The van der Waals surface area contributed by atoms with Gasteiger partial charge in [-0.25, -0.2) is 37.8 Å². The van der Waals surface area contributed by atoms with E-state index in [1.807, 2.05) is 37.3 Å². The molecular weight excluding hydrogens is 657 g/mol. The van der Waals surface area contributed by atoms with Crippen LogP contribution in [0.1, 0.15) is 29.7 Å². The zero-order valence-electron chi connectivity index (χ0n) is 26.2. The fraction of sp³-hybridized carbons (Fsp3) is 0.143. The number of urea groups is 1. The van der Waals surface area contributed by atoms with Crippen LogP contribution in [0.3, 0.4) is 0 Å². The lowest BCUT2D eigenvalue weighted by Crippen LogP contribution is -2.39. The van der Waals surface area contributed by atoms with Gasteiger partial charge in [0.15, 0.2) is 0 Å². The van der Waals surface area contributed by atoms with Crippen LogP contribution in [0.2, 0.25) is 0 Å². The molecule has 2 amide bonds. The van der Waals surface area contributed by atoms with E-state index >= 15 is 0 Å². The molecule has 3 aromatic heterocycles. The number of anilines is 1. The maximum Gasteiger partial charge on any atom is 0.343 e. The maximum absolute atomic E-state index is 15.0. The lowest BCUT2D eigenvalue weighted by Gasteiger charge is -2.16. The van der Waals surface area contributed by atoms with Gasteiger partial charge in [-0.15, -0.1) is 11.3 Å². The van der Waals surface area contributed by atoms with E-state index in [0.717, 1.165) is 50.4 Å². The summed E-state index contributed by atoms with van der Waals surface area (Å²) < 4.78 is 45.7. The average Bonchev–Trinajstić information content (AvgIpc) is 3.48. The minimum absolute atomic E-state index is 0.122. The van der Waals surface area contributed by atoms with Crippen molar-refractivity contribution in [2.45, 2.75) is 26.1 Å². The van der Waals surface area contributed by atoms with Crippen LogP contribution >= 0.6 is 11.3 Å². The highest BCUT2D eigenvalue weighted by molar-refractivity contribution is 7.22. The zero-order chi connectivity index (χ0) is 34.7. The van der Waals surface area contributed by atoms with Crippen molar-refractivity contribution in [3.63, 3.8) is 0 Å². The lowest BCUT2D eigenvalue weighted by molar-refractivity contribution is 0.114. The molecular formula is C35H29F3N6O4S. The van der Waals surface area contributed by atoms with E-state index in [1.165, 1.54) is 19.2 Å². The van der Waals surface area contributed by atoms with Gasteiger partial charge < -0.3 is 10.6 Å². The number of carbonyl (C=O) groups is 1. The monoisotopic (exact) mass is 686 g/mol. The molecule has 0 bridgehead atoms. The van der Waals surface area contributed by atoms with Crippen LogP contribution in [0.25, 0.3) is 26.5 Å². The highest BCUT2D eigenvalue weighted by Crippen LogP contribution is 2.38. The first-order valence-corrected chi connectivity index (χ1v) is 15.8. The van der Waals surface area contributed by atoms with Crippen molar-refractivity contribution < 1.29 is 22.8 Å². The van der Waals surface area contributed by atoms with Crippen molar-refractivity contribution in [1.82, 2.24) is 24.9 Å². The first-order valence-electron chi connectivity index (χ1n) is 15.0. The van der Waals surface area contributed by atoms with Crippen molar-refractivity contribution in [2.75, 3.05) is 12.4 Å². The quantitative estimate of drug-likeness (QED) is 0.146. The SMILES string of the molecule is CONC(=O)Nc1ccc(-c2sc3c(c2CNC(C)c2ccccc2)c(=O)n(-c2ccc(F)cn2)c(=O)n3Cc2c(F)cccc2F)cc1. The van der Waals surface area contributed by atoms with Gasteiger partial charge in [0, 0.05) is 28.7 Å². The number of nitrogens with zero attached hydrogens (tertiary/aromatic N) is 3. The number of benzene rings is 3. The smallest absolute Gasteiger partial charge is 0.306 e. The molecule has 1 atom stereocenters. The molecule has 0 aliphatic heterocycles. The molecule has 0 saturated carbocycles. The summed E-state index contributed by atoms with van der Waals surface area (Å²) in [5, 5.41) is 6.21. The second-order valence-corrected chi connectivity index (χ2v) is 12.0. The van der Waals surface area contributed by atoms with Gasteiger partial charge in [0.05, 0.1) is 25.2 Å². The molecule has 0 aliphatic rings. The van der Waals surface area contributed by atoms with Gasteiger partial charge in [0.25, 0.3) is 5.56 Å². The Kier molecular flexibility index (Phi) is 9.71. The van der Waals surface area contributed by atoms with Gasteiger partial charge in [0.2, 0.25) is 0 Å². The van der Waals surface area contributed by atoms with Gasteiger partial charge in [0.1, 0.15) is 28.1 Å². The third kappa shape index (κ3) is 6.88. The number of hydroxylamine groups is 1. The summed E-state index contributed by atoms with van der Waals surface area (Å²) >= 11 is 1.11. The number of thiophene rings is 1. The Bertz CT molecular complexity index is 2240. The van der Waals surface area contributed by atoms with Crippen molar-refractivity contribution >= 4 is 33.3 Å². The number of pyridine rings is 1. The molecule has 3 aromatic carbocycles. The van der Waals surface area contributed by atoms with Gasteiger partial charge in [-0.3, -0.25) is 14.2 Å². The van der Waals surface area contributed by atoms with Gasteiger partial charge >= 0.3 is 11.7 Å². The van der Waals surface area contributed by atoms with Crippen LogP contribution in [-0.4, -0.2) is 27.3 Å². The third-order valence-corrected chi connectivity index (χ3v) is 9.18. The van der Waals surface area contributed by atoms with E-state index in [-0.39, 0.29) is 34.2 Å². The van der Waals surface area contributed by atoms with E-state index in [9.17, 15) is 27.6 Å². The normalized spacial score (nSPS) is 11.9. The summed E-state index contributed by atoms with van der Waals surface area (Å²) in [6.07, 6.45) is 0.873. The van der Waals surface area contributed by atoms with E-state index in [1.54, 1.807) is 24.3 Å². The van der Waals surface area contributed by atoms with Crippen molar-refractivity contribution in [2.24, 2.45) is 0 Å². The second kappa shape index (κ2) is 14.3. The molecule has 49 heavy (non-hydrogen) atoms. The Morgan fingerprint density at radius 3 is 2.29 bits per heavy atom. The number of carbonyl (C=O) groups excluding carboxylic acids is 1. The predicted molar refractivity (Wildman–Crippen MR) is 181 cm³/mol. The Hall–Kier alpha value is -5.57. The minimum atomic E-state index is -0.909. The van der Waals surface area contributed by atoms with E-state index in [2.05, 4.69) is 25.9 Å². The lowest BCUT2D eigenvalue weighted by atomic mass is 10.0. The van der Waals surface area contributed by atoms with E-state index in [4.69, 9.17) is 0 Å². The number of rotatable bonds is 10. The molecule has 14 heteroatoms. The number of amides is 2. The molecule has 0 saturated heterocycles. The zero-order valence-corrected chi connectivity index (χ0v) is 27.0. The molecule has 0 fully saturated rings. The van der Waals surface area contributed by atoms with Crippen LogP contribution in [-0.2, 0) is 17.9 Å². The summed E-state index contributed by atoms with van der Waals surface area (Å²) in [6, 6.07) is 21.3. The highest BCUT2D eigenvalue weighted by Gasteiger charge is 2.26. The van der Waals surface area contributed by atoms with Crippen molar-refractivity contribution in [1.29, 1.82) is 0 Å². The number of fused-ring (bicyclic) bond motifs is 1. The molecule has 6 rings (SSSR count). The molecule has 6 aromatic rings. The van der Waals surface area contributed by atoms with Gasteiger partial charge in [-0.05, 0) is 60.0 Å². The first-order chi connectivity index (χ1) is 23.7. The number of halogens is 3. The molecule has 250 valence electrons. The summed E-state index contributed by atoms with van der Waals surface area (Å²) in [5.41, 5.74) is 2.76. The van der Waals surface area contributed by atoms with Crippen LogP contribution in [0, 0.1) is 17.5 Å². The van der Waals surface area contributed by atoms with Crippen LogP contribution in [0.4, 0.5) is 23.7 Å². The molecule has 10 nitrogen and oxygen atoms in total. The third-order valence-electron chi connectivity index (χ3n) is 7.88. The number of aromatic nitrogens is 3. The van der Waals surface area contributed by atoms with Crippen LogP contribution < -0.4 is 27.4 Å². The molecule has 0 aliphatic carbocycles. The molecule has 0 radical (unpaired) electrons. The standard InChI is InChI=1S/C35H29F3N6O4S/c1-20(21-7-4-3-5-8-21)39-18-25-30-32(45)44(29-16-13-23(36)17-40-29)35(47)43(19-26-27(37)9-6-10-28(26)38)33(30)49-31(25)22-11-14-24(15-12-22)41-34(46)42-48-2/h3-17,20,39H,18-19H2,1-2H3,(H2,41,42,46). The Morgan fingerprint density at radius 1 is 0.918 bits per heavy atom. The average molecular weight is 687 g/mol. The topological polar surface area (TPSA) is 119 Å². The summed E-state index contributed by atoms with van der Waals surface area (Å²) in [5.74, 6) is -2.57. The summed E-state index contributed by atoms with van der Waals surface area (Å²) in [7, 11) is 1.30. The first kappa shape index (κ1) is 33.3. The Balaban J connectivity index is 1.58. The summed E-state index contributed by atoms with van der Waals surface area (Å²) in [6.45, 7) is 1.58.